The summed E-state index contributed by atoms with van der Waals surface area (Å²) in [5.74, 6) is 1.63. The summed E-state index contributed by atoms with van der Waals surface area (Å²) in [6.07, 6.45) is 0.569. The standard InChI is InChI=1S/C21H21N3O6S2/c1-28-16-4-6-17(7-5-16)32(26,27)24-21-23-15(13-31-21)3-9-20(25)22-14-2-8-18-19(12-14)30-11-10-29-18/h2,4-8,12-13H,3,9-11H2,1H3,(H,22,25)(H,23,24). The molecule has 2 heterocycles. The summed E-state index contributed by atoms with van der Waals surface area (Å²) in [6, 6.07) is 11.3. The van der Waals surface area contributed by atoms with Crippen molar-refractivity contribution >= 4 is 38.1 Å². The molecule has 2 aromatic carbocycles. The van der Waals surface area contributed by atoms with Crippen LogP contribution in [-0.2, 0) is 21.2 Å². The predicted octanol–water partition coefficient (Wildman–Crippen LogP) is 3.30. The average Bonchev–Trinajstić information content (AvgIpc) is 3.24. The van der Waals surface area contributed by atoms with Gasteiger partial charge in [-0.15, -0.1) is 11.3 Å². The van der Waals surface area contributed by atoms with Crippen LogP contribution in [0.4, 0.5) is 10.8 Å². The van der Waals surface area contributed by atoms with Gasteiger partial charge in [-0.25, -0.2) is 13.4 Å². The van der Waals surface area contributed by atoms with Crippen LogP contribution in [0, 0.1) is 0 Å². The summed E-state index contributed by atoms with van der Waals surface area (Å²) in [5, 5.41) is 4.78. The molecule has 3 aromatic rings. The van der Waals surface area contributed by atoms with E-state index in [9.17, 15) is 13.2 Å². The smallest absolute Gasteiger partial charge is 0.263 e. The molecule has 0 saturated heterocycles. The van der Waals surface area contributed by atoms with Crippen LogP contribution in [0.15, 0.2) is 52.7 Å². The fourth-order valence-electron chi connectivity index (χ4n) is 2.98. The number of nitrogens with zero attached hydrogens (tertiary/aromatic N) is 1. The van der Waals surface area contributed by atoms with E-state index in [4.69, 9.17) is 14.2 Å². The molecule has 1 amide bonds. The van der Waals surface area contributed by atoms with Crippen LogP contribution in [0.1, 0.15) is 12.1 Å². The van der Waals surface area contributed by atoms with E-state index < -0.39 is 10.0 Å². The van der Waals surface area contributed by atoms with Crippen molar-refractivity contribution < 1.29 is 27.4 Å². The fraction of sp³-hybridized carbons (Fsp3) is 0.238. The summed E-state index contributed by atoms with van der Waals surface area (Å²) < 4.78 is 43.5. The van der Waals surface area contributed by atoms with Gasteiger partial charge in [-0.1, -0.05) is 0 Å². The quantitative estimate of drug-likeness (QED) is 0.514. The second kappa shape index (κ2) is 9.45. The number of anilines is 2. The zero-order chi connectivity index (χ0) is 22.6. The summed E-state index contributed by atoms with van der Waals surface area (Å²) >= 11 is 1.16. The maximum Gasteiger partial charge on any atom is 0.263 e. The topological polar surface area (TPSA) is 116 Å². The van der Waals surface area contributed by atoms with Crippen molar-refractivity contribution in [3.05, 3.63) is 53.5 Å². The number of aromatic nitrogens is 1. The van der Waals surface area contributed by atoms with Gasteiger partial charge in [-0.05, 0) is 42.8 Å². The lowest BCUT2D eigenvalue weighted by Gasteiger charge is -2.19. The maximum atomic E-state index is 12.5. The Morgan fingerprint density at radius 3 is 2.62 bits per heavy atom. The third kappa shape index (κ3) is 5.29. The van der Waals surface area contributed by atoms with Crippen molar-refractivity contribution in [2.24, 2.45) is 0 Å². The lowest BCUT2D eigenvalue weighted by atomic mass is 10.2. The minimum Gasteiger partial charge on any atom is -0.497 e. The van der Waals surface area contributed by atoms with Gasteiger partial charge in [0.1, 0.15) is 19.0 Å². The third-order valence-corrected chi connectivity index (χ3v) is 6.87. The Morgan fingerprint density at radius 1 is 1.12 bits per heavy atom. The second-order valence-corrected chi connectivity index (χ2v) is 9.37. The minimum absolute atomic E-state index is 0.105. The summed E-state index contributed by atoms with van der Waals surface area (Å²) in [5.41, 5.74) is 1.24. The number of carbonyl (C=O) groups excluding carboxylic acids is 1. The van der Waals surface area contributed by atoms with E-state index in [2.05, 4.69) is 15.0 Å². The van der Waals surface area contributed by atoms with Crippen LogP contribution in [0.5, 0.6) is 17.2 Å². The lowest BCUT2D eigenvalue weighted by molar-refractivity contribution is -0.116. The number of sulfonamides is 1. The number of methoxy groups -OCH3 is 1. The summed E-state index contributed by atoms with van der Waals surface area (Å²) in [7, 11) is -2.25. The molecule has 11 heteroatoms. The second-order valence-electron chi connectivity index (χ2n) is 6.83. The maximum absolute atomic E-state index is 12.5. The van der Waals surface area contributed by atoms with Crippen LogP contribution in [0.2, 0.25) is 0 Å². The highest BCUT2D eigenvalue weighted by atomic mass is 32.2. The van der Waals surface area contributed by atoms with Crippen molar-refractivity contribution in [1.82, 2.24) is 4.98 Å². The van der Waals surface area contributed by atoms with Gasteiger partial charge in [0.15, 0.2) is 16.6 Å². The van der Waals surface area contributed by atoms with Gasteiger partial charge in [0.25, 0.3) is 10.0 Å². The molecule has 168 valence electrons. The van der Waals surface area contributed by atoms with Gasteiger partial charge in [0.2, 0.25) is 5.91 Å². The first-order chi connectivity index (χ1) is 15.4. The number of hydrogen-bond acceptors (Lipinski definition) is 8. The van der Waals surface area contributed by atoms with E-state index in [-0.39, 0.29) is 22.4 Å². The van der Waals surface area contributed by atoms with Crippen LogP contribution in [0.25, 0.3) is 0 Å². The van der Waals surface area contributed by atoms with Crippen molar-refractivity contribution in [2.75, 3.05) is 30.4 Å². The van der Waals surface area contributed by atoms with Crippen molar-refractivity contribution in [3.8, 4) is 17.2 Å². The van der Waals surface area contributed by atoms with Crippen LogP contribution in [-0.4, -0.2) is 39.6 Å². The van der Waals surface area contributed by atoms with E-state index in [1.807, 2.05) is 0 Å². The Kier molecular flexibility index (Phi) is 6.47. The third-order valence-electron chi connectivity index (χ3n) is 4.58. The summed E-state index contributed by atoms with van der Waals surface area (Å²) in [4.78, 5) is 16.7. The Hall–Kier alpha value is -3.31. The number of rotatable bonds is 8. The molecule has 0 aliphatic carbocycles. The molecule has 9 nitrogen and oxygen atoms in total. The molecule has 1 aliphatic heterocycles. The highest BCUT2D eigenvalue weighted by Crippen LogP contribution is 2.32. The van der Waals surface area contributed by atoms with E-state index in [1.54, 1.807) is 35.7 Å². The van der Waals surface area contributed by atoms with E-state index >= 15 is 0 Å². The highest BCUT2D eigenvalue weighted by molar-refractivity contribution is 7.93. The number of amides is 1. The molecule has 0 bridgehead atoms. The van der Waals surface area contributed by atoms with Crippen molar-refractivity contribution in [3.63, 3.8) is 0 Å². The molecule has 0 radical (unpaired) electrons. The van der Waals surface area contributed by atoms with Gasteiger partial charge in [0.05, 0.1) is 17.7 Å². The number of aryl methyl sites for hydroxylation is 1. The highest BCUT2D eigenvalue weighted by Gasteiger charge is 2.17. The van der Waals surface area contributed by atoms with Gasteiger partial charge in [-0.2, -0.15) is 0 Å². The number of fused-ring (bicyclic) bond motifs is 1. The number of thiazole rings is 1. The van der Waals surface area contributed by atoms with Gasteiger partial charge >= 0.3 is 0 Å². The zero-order valence-electron chi connectivity index (χ0n) is 17.2. The largest absolute Gasteiger partial charge is 0.497 e. The molecule has 1 aliphatic rings. The molecule has 0 fully saturated rings. The molecule has 32 heavy (non-hydrogen) atoms. The monoisotopic (exact) mass is 475 g/mol. The average molecular weight is 476 g/mol. The lowest BCUT2D eigenvalue weighted by Crippen LogP contribution is -2.16. The van der Waals surface area contributed by atoms with Gasteiger partial charge < -0.3 is 19.5 Å². The van der Waals surface area contributed by atoms with E-state index in [1.165, 1.54) is 19.2 Å². The molecule has 0 spiro atoms. The Bertz CT molecular complexity index is 1210. The number of benzene rings is 2. The normalized spacial score (nSPS) is 12.8. The van der Waals surface area contributed by atoms with Gasteiger partial charge in [0, 0.05) is 23.6 Å². The van der Waals surface area contributed by atoms with E-state index in [0.717, 1.165) is 11.3 Å². The SMILES string of the molecule is COc1ccc(S(=O)(=O)Nc2nc(CCC(=O)Nc3ccc4c(c3)OCCO4)cs2)cc1. The Balaban J connectivity index is 1.31. The molecule has 4 rings (SSSR count). The molecular weight excluding hydrogens is 454 g/mol. The van der Waals surface area contributed by atoms with Crippen molar-refractivity contribution in [2.45, 2.75) is 17.7 Å². The molecule has 0 saturated carbocycles. The first-order valence-corrected chi connectivity index (χ1v) is 12.1. The zero-order valence-corrected chi connectivity index (χ0v) is 18.8. The molecular formula is C21H21N3O6S2. The van der Waals surface area contributed by atoms with Gasteiger partial charge in [-0.3, -0.25) is 9.52 Å². The number of nitrogens with one attached hydrogen (secondary N) is 2. The van der Waals surface area contributed by atoms with E-state index in [0.29, 0.717) is 48.3 Å². The van der Waals surface area contributed by atoms with Crippen LogP contribution < -0.4 is 24.2 Å². The number of ether oxygens (including phenoxy) is 3. The van der Waals surface area contributed by atoms with Crippen molar-refractivity contribution in [1.29, 1.82) is 0 Å². The molecule has 2 N–H and O–H groups in total. The molecule has 0 unspecified atom stereocenters. The Labute approximate surface area is 189 Å². The Morgan fingerprint density at radius 2 is 1.88 bits per heavy atom. The first-order valence-electron chi connectivity index (χ1n) is 9.74. The predicted molar refractivity (Wildman–Crippen MR) is 120 cm³/mol. The van der Waals surface area contributed by atoms with Crippen LogP contribution >= 0.6 is 11.3 Å². The first kappa shape index (κ1) is 21.9. The molecule has 0 atom stereocenters. The summed E-state index contributed by atoms with van der Waals surface area (Å²) in [6.45, 7) is 0.976. The van der Waals surface area contributed by atoms with Crippen LogP contribution in [0.3, 0.4) is 0 Å². The number of hydrogen-bond donors (Lipinski definition) is 2. The minimum atomic E-state index is -3.76. The fourth-order valence-corrected chi connectivity index (χ4v) is 4.98. The number of carbonyl (C=O) groups is 1. The molecule has 1 aromatic heterocycles.